The van der Waals surface area contributed by atoms with Gasteiger partial charge in [-0.25, -0.2) is 0 Å². The number of ether oxygens (including phenoxy) is 2. The molecule has 3 amide bonds. The van der Waals surface area contributed by atoms with E-state index in [0.717, 1.165) is 12.0 Å². The lowest BCUT2D eigenvalue weighted by atomic mass is 9.83. The van der Waals surface area contributed by atoms with Crippen LogP contribution < -0.4 is 5.32 Å². The number of hydrogen-bond acceptors (Lipinski definition) is 10. The Kier molecular flexibility index (Phi) is 21.9. The monoisotopic (exact) mass is 893 g/mol. The Hall–Kier alpha value is -3.24. The number of carbonyl (C=O) groups is 5. The molecule has 0 aliphatic carbocycles. The molecule has 1 aliphatic heterocycles. The fourth-order valence-corrected chi connectivity index (χ4v) is 9.39. The summed E-state index contributed by atoms with van der Waals surface area (Å²) >= 11 is 0. The molecule has 1 aromatic rings. The lowest BCUT2D eigenvalue weighted by Gasteiger charge is -2.42. The number of nitrogens with zero attached hydrogens (tertiary/aromatic N) is 3. The maximum absolute atomic E-state index is 14.5. The van der Waals surface area contributed by atoms with Crippen LogP contribution in [0.2, 0.25) is 0 Å². The van der Waals surface area contributed by atoms with Crippen molar-refractivity contribution in [1.29, 1.82) is 0 Å². The minimum absolute atomic E-state index is 0.0155. The van der Waals surface area contributed by atoms with Crippen molar-refractivity contribution in [3.05, 3.63) is 35.9 Å². The Bertz CT molecular complexity index is 1720. The van der Waals surface area contributed by atoms with Crippen LogP contribution in [0.5, 0.6) is 0 Å². The molecule has 0 saturated carbocycles. The van der Waals surface area contributed by atoms with Gasteiger partial charge in [-0.2, -0.15) is 8.42 Å². The van der Waals surface area contributed by atoms with Crippen molar-refractivity contribution in [1.82, 2.24) is 20.0 Å². The molecule has 2 N–H and O–H groups in total. The van der Waals surface area contributed by atoms with Gasteiger partial charge in [-0.05, 0) is 70.4 Å². The van der Waals surface area contributed by atoms with E-state index in [1.807, 2.05) is 78.9 Å². The van der Waals surface area contributed by atoms with Gasteiger partial charge in [-0.3, -0.25) is 33.4 Å². The highest BCUT2D eigenvalue weighted by atomic mass is 32.2. The number of likely N-dealkylation sites (N-methyl/N-ethyl adjacent to an activating group) is 2. The summed E-state index contributed by atoms with van der Waals surface area (Å²) in [6.45, 7) is 20.2. The van der Waals surface area contributed by atoms with Gasteiger partial charge < -0.3 is 24.6 Å². The van der Waals surface area contributed by atoms with Gasteiger partial charge in [0.2, 0.25) is 17.7 Å². The summed E-state index contributed by atoms with van der Waals surface area (Å²) in [5.41, 5.74) is 0.580. The van der Waals surface area contributed by atoms with Crippen molar-refractivity contribution in [2.45, 2.75) is 150 Å². The van der Waals surface area contributed by atoms with Crippen LogP contribution in [0.3, 0.4) is 0 Å². The van der Waals surface area contributed by atoms with Gasteiger partial charge in [0.15, 0.2) is 5.78 Å². The maximum atomic E-state index is 14.5. The third kappa shape index (κ3) is 15.8. The lowest BCUT2D eigenvalue weighted by Crippen LogP contribution is -2.55. The summed E-state index contributed by atoms with van der Waals surface area (Å²) in [4.78, 5) is 75.8. The van der Waals surface area contributed by atoms with Crippen LogP contribution in [0.4, 0.5) is 0 Å². The standard InChI is InChI=1S/C47H80N4O10S/c1-15-32(6)43(49(11)46(56)36(30(2)3)28-39(53)42(31(4)5)50(12)47(8,9)10)40(60-13)29-41(54)51-24-19-22-37(51)44(61-14)33(7)38(52)27-35(26-34-20-17-16-18-21-34)45(55)48-23-25-62(57,58)59/h16-18,20-21,30-33,35-37,40,42-44H,15,19,22-29H2,1-14H3,(H,48,55)(H,57,58,59)/t32-,33-,35+,36-,37-,40+,42-,43-,44+/m0/s1. The summed E-state index contributed by atoms with van der Waals surface area (Å²) in [6.07, 6.45) is 0.841. The van der Waals surface area contributed by atoms with Crippen molar-refractivity contribution < 1.29 is 46.4 Å². The Labute approximate surface area is 373 Å². The summed E-state index contributed by atoms with van der Waals surface area (Å²) < 4.78 is 43.8. The molecule has 1 aromatic carbocycles. The zero-order valence-electron chi connectivity index (χ0n) is 40.2. The van der Waals surface area contributed by atoms with Crippen molar-refractivity contribution in [3.63, 3.8) is 0 Å². The third-order valence-corrected chi connectivity index (χ3v) is 13.9. The number of carbonyl (C=O) groups excluding carboxylic acids is 5. The van der Waals surface area contributed by atoms with E-state index >= 15 is 0 Å². The highest BCUT2D eigenvalue weighted by Crippen LogP contribution is 2.32. The molecule has 0 aromatic heterocycles. The van der Waals surface area contributed by atoms with Gasteiger partial charge in [0, 0.05) is 70.5 Å². The molecule has 354 valence electrons. The number of ketones is 2. The summed E-state index contributed by atoms with van der Waals surface area (Å²) in [7, 11) is 2.48. The molecule has 62 heavy (non-hydrogen) atoms. The Morgan fingerprint density at radius 2 is 1.52 bits per heavy atom. The van der Waals surface area contributed by atoms with Crippen molar-refractivity contribution in [3.8, 4) is 0 Å². The predicted octanol–water partition coefficient (Wildman–Crippen LogP) is 5.72. The van der Waals surface area contributed by atoms with E-state index in [4.69, 9.17) is 14.0 Å². The maximum Gasteiger partial charge on any atom is 0.266 e. The molecular formula is C47H80N4O10S. The number of methoxy groups -OCH3 is 2. The third-order valence-electron chi connectivity index (χ3n) is 13.1. The largest absolute Gasteiger partial charge is 0.379 e. The SMILES string of the molecule is CC[C@H](C)[C@@H]([C@@H](CC(=O)N1CCC[C@H]1[C@H](OC)[C@@H](C)C(=O)C[C@@H](Cc1ccccc1)C(=O)NCCS(=O)(=O)O)OC)N(C)C(=O)[C@@H](CC(=O)[C@H](C(C)C)N(C)C(C)(C)C)C(C)C. The number of hydrogen-bond donors (Lipinski definition) is 2. The minimum Gasteiger partial charge on any atom is -0.379 e. The summed E-state index contributed by atoms with van der Waals surface area (Å²) in [5, 5.41) is 2.55. The van der Waals surface area contributed by atoms with E-state index in [1.54, 1.807) is 30.9 Å². The van der Waals surface area contributed by atoms with Gasteiger partial charge in [0.1, 0.15) is 5.78 Å². The zero-order chi connectivity index (χ0) is 47.3. The van der Waals surface area contributed by atoms with E-state index in [9.17, 15) is 32.4 Å². The van der Waals surface area contributed by atoms with Gasteiger partial charge in [-0.15, -0.1) is 0 Å². The highest BCUT2D eigenvalue weighted by molar-refractivity contribution is 7.85. The number of amides is 3. The smallest absolute Gasteiger partial charge is 0.266 e. The van der Waals surface area contributed by atoms with E-state index in [-0.39, 0.29) is 84.9 Å². The van der Waals surface area contributed by atoms with Gasteiger partial charge in [0.05, 0.1) is 42.5 Å². The molecule has 0 spiro atoms. The first-order chi connectivity index (χ1) is 28.8. The topological polar surface area (TPSA) is 180 Å². The number of likely N-dealkylation sites (tertiary alicyclic amines) is 1. The highest BCUT2D eigenvalue weighted by Gasteiger charge is 2.44. The van der Waals surface area contributed by atoms with Crippen LogP contribution in [0.1, 0.15) is 113 Å². The summed E-state index contributed by atoms with van der Waals surface area (Å²) in [6, 6.07) is 7.94. The fraction of sp³-hybridized carbons (Fsp3) is 0.766. The second-order valence-electron chi connectivity index (χ2n) is 19.2. The van der Waals surface area contributed by atoms with Crippen molar-refractivity contribution >= 4 is 39.4 Å². The first-order valence-corrected chi connectivity index (χ1v) is 24.1. The minimum atomic E-state index is -4.30. The molecule has 9 atom stereocenters. The zero-order valence-corrected chi connectivity index (χ0v) is 41.0. The Morgan fingerprint density at radius 1 is 0.903 bits per heavy atom. The number of rotatable bonds is 26. The fourth-order valence-electron chi connectivity index (χ4n) is 9.03. The average Bonchev–Trinajstić information content (AvgIpc) is 3.68. The number of nitrogens with one attached hydrogen (secondary N) is 1. The van der Waals surface area contributed by atoms with Gasteiger partial charge in [0.25, 0.3) is 10.1 Å². The Morgan fingerprint density at radius 3 is 2.02 bits per heavy atom. The van der Waals surface area contributed by atoms with E-state index in [1.165, 1.54) is 7.11 Å². The molecular weight excluding hydrogens is 813 g/mol. The van der Waals surface area contributed by atoms with Crippen LogP contribution in [0, 0.1) is 35.5 Å². The first-order valence-electron chi connectivity index (χ1n) is 22.5. The average molecular weight is 893 g/mol. The van der Waals surface area contributed by atoms with Crippen LogP contribution in [-0.2, 0) is 50.0 Å². The first kappa shape index (κ1) is 54.9. The molecule has 14 nitrogen and oxygen atoms in total. The van der Waals surface area contributed by atoms with Gasteiger partial charge >= 0.3 is 0 Å². The second kappa shape index (κ2) is 24.7. The second-order valence-corrected chi connectivity index (χ2v) is 20.8. The summed E-state index contributed by atoms with van der Waals surface area (Å²) in [5.74, 6) is -3.91. The Balaban J connectivity index is 2.33. The van der Waals surface area contributed by atoms with Gasteiger partial charge in [-0.1, -0.05) is 85.2 Å². The van der Waals surface area contributed by atoms with Crippen LogP contribution in [-0.4, -0.2) is 140 Å². The molecule has 1 saturated heterocycles. The quantitative estimate of drug-likeness (QED) is 0.109. The molecule has 2 rings (SSSR count). The molecule has 1 aliphatic rings. The normalized spacial score (nSPS) is 18.8. The van der Waals surface area contributed by atoms with Crippen molar-refractivity contribution in [2.24, 2.45) is 35.5 Å². The molecule has 1 heterocycles. The van der Waals surface area contributed by atoms with E-state index in [2.05, 4.69) is 31.0 Å². The molecule has 1 fully saturated rings. The predicted molar refractivity (Wildman–Crippen MR) is 243 cm³/mol. The van der Waals surface area contributed by atoms with E-state index < -0.39 is 63.8 Å². The van der Waals surface area contributed by atoms with Crippen LogP contribution >= 0.6 is 0 Å². The number of Topliss-reactive ketones (excluding diaryl/α,β-unsaturated/α-hetero) is 2. The van der Waals surface area contributed by atoms with Crippen LogP contribution in [0.25, 0.3) is 0 Å². The van der Waals surface area contributed by atoms with E-state index in [0.29, 0.717) is 19.4 Å². The lowest BCUT2D eigenvalue weighted by molar-refractivity contribution is -0.149. The number of benzene rings is 1. The van der Waals surface area contributed by atoms with Crippen molar-refractivity contribution in [2.75, 3.05) is 47.2 Å². The molecule has 0 radical (unpaired) electrons. The molecule has 0 bridgehead atoms. The molecule has 15 heteroatoms. The molecule has 0 unspecified atom stereocenters. The van der Waals surface area contributed by atoms with Crippen LogP contribution in [0.15, 0.2) is 30.3 Å².